The second-order valence-electron chi connectivity index (χ2n) is 12.1. The van der Waals surface area contributed by atoms with Gasteiger partial charge in [0.1, 0.15) is 0 Å². The fourth-order valence-electron chi connectivity index (χ4n) is 7.33. The van der Waals surface area contributed by atoms with Crippen LogP contribution in [0.4, 0.5) is 0 Å². The van der Waals surface area contributed by atoms with Gasteiger partial charge in [0.2, 0.25) is 0 Å². The zero-order chi connectivity index (χ0) is 32.3. The summed E-state index contributed by atoms with van der Waals surface area (Å²) in [4.78, 5) is 33.4. The van der Waals surface area contributed by atoms with Gasteiger partial charge < -0.3 is 30.8 Å². The van der Waals surface area contributed by atoms with Crippen LogP contribution in [0.25, 0.3) is 6.08 Å². The average molecular weight is 658 g/mol. The van der Waals surface area contributed by atoms with Gasteiger partial charge in [-0.1, -0.05) is 58.7 Å². The number of nitrogens with one attached hydrogen (secondary N) is 2. The van der Waals surface area contributed by atoms with Crippen molar-refractivity contribution in [3.8, 4) is 0 Å². The Morgan fingerprint density at radius 1 is 0.818 bits per heavy atom. The second kappa shape index (κ2) is 14.5. The third-order valence-electron chi connectivity index (χ3n) is 9.75. The third-order valence-corrected chi connectivity index (χ3v) is 9.75. The molecule has 2 aromatic heterocycles. The molecule has 3 aliphatic heterocycles. The van der Waals surface area contributed by atoms with Crippen molar-refractivity contribution in [3.63, 3.8) is 0 Å². The first-order valence-electron chi connectivity index (χ1n) is 15.1. The number of nitrogens with zero attached hydrogens (tertiary/aromatic N) is 2. The summed E-state index contributed by atoms with van der Waals surface area (Å²) in [5, 5.41) is 26.7. The molecule has 0 saturated carbocycles. The van der Waals surface area contributed by atoms with Gasteiger partial charge >= 0.3 is 37.4 Å². The Balaban J connectivity index is 0.00000216. The number of aliphatic carboxylic acids is 2. The van der Waals surface area contributed by atoms with Crippen molar-refractivity contribution in [1.29, 1.82) is 0 Å². The monoisotopic (exact) mass is 657 g/mol. The minimum atomic E-state index is -0.838. The van der Waals surface area contributed by atoms with E-state index in [-0.39, 0.29) is 37.0 Å². The topological polar surface area (TPSA) is 127 Å². The van der Waals surface area contributed by atoms with Gasteiger partial charge in [-0.2, -0.15) is 17.1 Å². The van der Waals surface area contributed by atoms with Crippen LogP contribution in [-0.4, -0.2) is 46.3 Å². The van der Waals surface area contributed by atoms with Crippen LogP contribution in [0.1, 0.15) is 84.6 Å². The fraction of sp³-hybridized carbons (Fsp3) is 0.471. The van der Waals surface area contributed by atoms with Gasteiger partial charge in [0.25, 0.3) is 0 Å². The van der Waals surface area contributed by atoms with E-state index in [0.29, 0.717) is 25.7 Å². The molecular formula is C34H42ClCrN4O4. The van der Waals surface area contributed by atoms with Crippen LogP contribution in [0.5, 0.6) is 0 Å². The predicted octanol–water partition coefficient (Wildman–Crippen LogP) is 5.01. The van der Waals surface area contributed by atoms with Crippen LogP contribution in [0.2, 0.25) is 0 Å². The number of carboxylic acid groups (broad SMARTS) is 2. The van der Waals surface area contributed by atoms with E-state index in [2.05, 4.69) is 70.0 Å². The fourth-order valence-corrected chi connectivity index (χ4v) is 7.33. The Labute approximate surface area is 272 Å². The van der Waals surface area contributed by atoms with Gasteiger partial charge in [-0.3, -0.25) is 9.59 Å². The van der Waals surface area contributed by atoms with E-state index in [1.807, 2.05) is 19.1 Å². The normalized spacial score (nSPS) is 22.9. The van der Waals surface area contributed by atoms with Crippen LogP contribution < -0.4 is 20.6 Å². The molecule has 4 N–H and O–H groups in total. The van der Waals surface area contributed by atoms with E-state index in [9.17, 15) is 19.8 Å². The zero-order valence-corrected chi connectivity index (χ0v) is 28.0. The summed E-state index contributed by atoms with van der Waals surface area (Å²) >= 11 is 2.10. The van der Waals surface area contributed by atoms with E-state index in [1.165, 1.54) is 16.7 Å². The summed E-state index contributed by atoms with van der Waals surface area (Å²) in [7, 11) is 4.51. The average Bonchev–Trinajstić information content (AvgIpc) is 3.64. The molecular weight excluding hydrogens is 616 g/mol. The van der Waals surface area contributed by atoms with Gasteiger partial charge in [0, 0.05) is 37.0 Å². The Hall–Kier alpha value is -2.80. The molecule has 0 saturated heterocycles. The number of hydrogen-bond acceptors (Lipinski definition) is 4. The maximum atomic E-state index is 11.6. The van der Waals surface area contributed by atoms with Crippen molar-refractivity contribution >= 4 is 28.1 Å². The molecule has 4 unspecified atom stereocenters. The molecule has 3 aliphatic rings. The molecule has 0 fully saturated rings. The van der Waals surface area contributed by atoms with Crippen LogP contribution >= 0.6 is 10.0 Å². The first kappa shape index (κ1) is 34.1. The van der Waals surface area contributed by atoms with Crippen molar-refractivity contribution in [1.82, 2.24) is 20.6 Å². The number of halogens is 1. The van der Waals surface area contributed by atoms with Crippen molar-refractivity contribution < 1.29 is 35.2 Å². The zero-order valence-electron chi connectivity index (χ0n) is 25.9. The first-order chi connectivity index (χ1) is 21.0. The molecule has 0 amide bonds. The van der Waals surface area contributed by atoms with Gasteiger partial charge in [0.15, 0.2) is 0 Å². The predicted molar refractivity (Wildman–Crippen MR) is 170 cm³/mol. The van der Waals surface area contributed by atoms with E-state index < -0.39 is 11.9 Å². The molecule has 44 heavy (non-hydrogen) atoms. The van der Waals surface area contributed by atoms with Crippen molar-refractivity contribution in [2.24, 2.45) is 0 Å². The van der Waals surface area contributed by atoms with E-state index in [0.717, 1.165) is 63.4 Å². The Morgan fingerprint density at radius 2 is 1.41 bits per heavy atom. The van der Waals surface area contributed by atoms with Crippen LogP contribution in [0, 0.1) is 13.8 Å². The molecule has 10 heteroatoms. The summed E-state index contributed by atoms with van der Waals surface area (Å²) in [6.45, 7) is 16.7. The van der Waals surface area contributed by atoms with Crippen molar-refractivity contribution in [2.75, 3.05) is 0 Å². The molecule has 5 heterocycles. The Bertz CT molecular complexity index is 1520. The molecule has 0 aromatic carbocycles. The van der Waals surface area contributed by atoms with Crippen molar-refractivity contribution in [2.45, 2.75) is 103 Å². The van der Waals surface area contributed by atoms with Gasteiger partial charge in [-0.05, 0) is 77.4 Å². The Kier molecular flexibility index (Phi) is 11.3. The Morgan fingerprint density at radius 3 is 2.05 bits per heavy atom. The van der Waals surface area contributed by atoms with Gasteiger partial charge in [0.05, 0.1) is 0 Å². The SMILES string of the molecule is C=CC1=C(C)C2CC3NC(Cc4[n-]c(c(C)c4CCC(=O)O)Cc4[n-]c(c(C)c4C=C)CC1N2)C(CCC(=O)O)=C3C.[Cl][Cr+2]. The second-order valence-corrected chi connectivity index (χ2v) is 12.1. The van der Waals surface area contributed by atoms with E-state index in [4.69, 9.17) is 9.97 Å². The molecule has 0 aliphatic carbocycles. The number of hydrogen-bond donors (Lipinski definition) is 4. The molecule has 2 aromatic rings. The van der Waals surface area contributed by atoms with E-state index >= 15 is 0 Å². The van der Waals surface area contributed by atoms with Gasteiger partial charge in [-0.15, -0.1) is 5.69 Å². The third kappa shape index (κ3) is 6.88. The van der Waals surface area contributed by atoms with Crippen LogP contribution in [-0.2, 0) is 50.6 Å². The van der Waals surface area contributed by atoms with Crippen molar-refractivity contribution in [3.05, 3.63) is 86.6 Å². The number of carbonyl (C=O) groups is 2. The molecule has 235 valence electrons. The summed E-state index contributed by atoms with van der Waals surface area (Å²) in [5.74, 6) is -1.65. The molecule has 4 atom stereocenters. The van der Waals surface area contributed by atoms with Crippen LogP contribution in [0.15, 0.2) is 41.5 Å². The summed E-state index contributed by atoms with van der Waals surface area (Å²) < 4.78 is 0. The quantitative estimate of drug-likeness (QED) is 0.292. The molecule has 0 spiro atoms. The number of carboxylic acids is 2. The standard InChI is InChI=1S/C34H42N4O4.ClH.Cr/c1-7-21-17(3)25-13-26-19(5)23(9-11-33(39)40)31(37-26)16-32-24(10-12-34(41)42)20(6)28(38-32)15-30-22(8-2)18(4)27(36-30)14-29(21)35-25;;/h7-8,25-26,29,31,35,37H,1-2,9-16H2,3-6H3,(H,39,40)(H,41,42);1H;/q-2;;+3/p-1. The first-order valence-corrected chi connectivity index (χ1v) is 16.8. The molecule has 8 nitrogen and oxygen atoms in total. The molecule has 0 radical (unpaired) electrons. The number of fused-ring (bicyclic) bond motifs is 8. The van der Waals surface area contributed by atoms with E-state index in [1.54, 1.807) is 0 Å². The number of aromatic nitrogens is 2. The summed E-state index contributed by atoms with van der Waals surface area (Å²) in [6, 6.07) is 0.261. The van der Waals surface area contributed by atoms with Gasteiger partial charge in [-0.25, -0.2) is 0 Å². The minimum absolute atomic E-state index is 0.0300. The summed E-state index contributed by atoms with van der Waals surface area (Å²) in [6.07, 6.45) is 7.52. The number of rotatable bonds is 8. The summed E-state index contributed by atoms with van der Waals surface area (Å²) in [5.41, 5.74) is 12.8. The maximum absolute atomic E-state index is 11.6. The molecule has 8 bridgehead atoms. The van der Waals surface area contributed by atoms with Crippen LogP contribution in [0.3, 0.4) is 0 Å². The molecule has 5 rings (SSSR count).